The van der Waals surface area contributed by atoms with Crippen LogP contribution < -0.4 is 5.32 Å². The van der Waals surface area contributed by atoms with E-state index in [4.69, 9.17) is 0 Å². The first-order chi connectivity index (χ1) is 9.90. The molecule has 0 bridgehead atoms. The van der Waals surface area contributed by atoms with Crippen molar-refractivity contribution in [3.05, 3.63) is 35.9 Å². The Hall–Kier alpha value is -0.510. The molecule has 2 heterocycles. The van der Waals surface area contributed by atoms with Crippen molar-refractivity contribution in [3.8, 4) is 0 Å². The lowest BCUT2D eigenvalue weighted by Crippen LogP contribution is -2.44. The zero-order chi connectivity index (χ0) is 13.6. The van der Waals surface area contributed by atoms with Crippen molar-refractivity contribution in [2.24, 2.45) is 5.92 Å². The van der Waals surface area contributed by atoms with Crippen molar-refractivity contribution < 1.29 is 0 Å². The maximum atomic E-state index is 3.75. The Morgan fingerprint density at radius 3 is 2.75 bits per heavy atom. The van der Waals surface area contributed by atoms with E-state index < -0.39 is 0 Å². The Morgan fingerprint density at radius 2 is 2.00 bits per heavy atom. The average molecular weight is 290 g/mol. The summed E-state index contributed by atoms with van der Waals surface area (Å²) in [7, 11) is 0. The summed E-state index contributed by atoms with van der Waals surface area (Å²) >= 11 is 2.07. The van der Waals surface area contributed by atoms with E-state index >= 15 is 0 Å². The van der Waals surface area contributed by atoms with Gasteiger partial charge in [0.1, 0.15) is 0 Å². The molecule has 1 aromatic carbocycles. The average Bonchev–Trinajstić information content (AvgIpc) is 2.64. The summed E-state index contributed by atoms with van der Waals surface area (Å²) in [5, 5.41) is 3.75. The van der Waals surface area contributed by atoms with Crippen LogP contribution in [0.3, 0.4) is 0 Å². The Morgan fingerprint density at radius 1 is 1.15 bits per heavy atom. The predicted octanol–water partition coefficient (Wildman–Crippen LogP) is 2.99. The standard InChI is InChI=1S/C17H26N2S/c1-2-6-15(7-3-1)11-19-9-5-4-8-16(12-19)10-18-17-13-20-14-17/h1-3,6-7,16-18H,4-5,8-14H2. The Balaban J connectivity index is 1.49. The minimum absolute atomic E-state index is 0.797. The van der Waals surface area contributed by atoms with Gasteiger partial charge in [-0.05, 0) is 37.4 Å². The zero-order valence-corrected chi connectivity index (χ0v) is 13.1. The Labute approximate surface area is 127 Å². The van der Waals surface area contributed by atoms with Gasteiger partial charge in [0.25, 0.3) is 0 Å². The third-order valence-electron chi connectivity index (χ3n) is 4.44. The van der Waals surface area contributed by atoms with Crippen LogP contribution in [0.25, 0.3) is 0 Å². The first-order valence-corrected chi connectivity index (χ1v) is 9.13. The number of hydrogen-bond acceptors (Lipinski definition) is 3. The molecule has 3 heteroatoms. The van der Waals surface area contributed by atoms with Gasteiger partial charge in [-0.3, -0.25) is 4.90 Å². The lowest BCUT2D eigenvalue weighted by Gasteiger charge is -2.30. The van der Waals surface area contributed by atoms with E-state index in [0.29, 0.717) is 0 Å². The van der Waals surface area contributed by atoms with Crippen LogP contribution in [0, 0.1) is 5.92 Å². The van der Waals surface area contributed by atoms with Crippen molar-refractivity contribution in [1.29, 1.82) is 0 Å². The zero-order valence-electron chi connectivity index (χ0n) is 12.3. The molecule has 0 aromatic heterocycles. The van der Waals surface area contributed by atoms with Crippen molar-refractivity contribution in [1.82, 2.24) is 10.2 Å². The SMILES string of the molecule is c1ccc(CN2CCCCC(CNC3CSC3)C2)cc1. The molecule has 0 saturated carbocycles. The molecule has 0 amide bonds. The minimum atomic E-state index is 0.797. The highest BCUT2D eigenvalue weighted by molar-refractivity contribution is 8.00. The number of nitrogens with zero attached hydrogens (tertiary/aromatic N) is 1. The van der Waals surface area contributed by atoms with Gasteiger partial charge in [-0.25, -0.2) is 0 Å². The van der Waals surface area contributed by atoms with E-state index in [2.05, 4.69) is 52.3 Å². The lowest BCUT2D eigenvalue weighted by atomic mass is 10.0. The molecular formula is C17H26N2S. The molecule has 1 unspecified atom stereocenters. The molecule has 2 saturated heterocycles. The normalized spacial score (nSPS) is 25.1. The molecule has 2 fully saturated rings. The fraction of sp³-hybridized carbons (Fsp3) is 0.647. The topological polar surface area (TPSA) is 15.3 Å². The summed E-state index contributed by atoms with van der Waals surface area (Å²) in [6.07, 6.45) is 4.16. The molecule has 2 aliphatic heterocycles. The second kappa shape index (κ2) is 7.48. The quantitative estimate of drug-likeness (QED) is 0.897. The van der Waals surface area contributed by atoms with Gasteiger partial charge in [0, 0.05) is 30.6 Å². The predicted molar refractivity (Wildman–Crippen MR) is 88.2 cm³/mol. The number of likely N-dealkylation sites (tertiary alicyclic amines) is 1. The van der Waals surface area contributed by atoms with Gasteiger partial charge in [-0.2, -0.15) is 11.8 Å². The molecule has 3 rings (SSSR count). The third kappa shape index (κ3) is 4.24. The molecule has 2 nitrogen and oxygen atoms in total. The smallest absolute Gasteiger partial charge is 0.0248 e. The van der Waals surface area contributed by atoms with Crippen LogP contribution in [0.4, 0.5) is 0 Å². The molecular weight excluding hydrogens is 264 g/mol. The Kier molecular flexibility index (Phi) is 5.40. The molecule has 110 valence electrons. The summed E-state index contributed by atoms with van der Waals surface area (Å²) in [5.74, 6) is 3.48. The summed E-state index contributed by atoms with van der Waals surface area (Å²) in [5.41, 5.74) is 1.46. The summed E-state index contributed by atoms with van der Waals surface area (Å²) in [6.45, 7) is 4.87. The Bertz CT molecular complexity index is 391. The second-order valence-corrected chi connectivity index (χ2v) is 7.30. The van der Waals surface area contributed by atoms with Crippen molar-refractivity contribution >= 4 is 11.8 Å². The highest BCUT2D eigenvalue weighted by Crippen LogP contribution is 2.20. The maximum Gasteiger partial charge on any atom is 0.0248 e. The maximum absolute atomic E-state index is 3.75. The van der Waals surface area contributed by atoms with Crippen molar-refractivity contribution in [2.45, 2.75) is 31.8 Å². The largest absolute Gasteiger partial charge is 0.312 e. The molecule has 1 aromatic rings. The second-order valence-electron chi connectivity index (χ2n) is 6.23. The van der Waals surface area contributed by atoms with Crippen LogP contribution in [0.2, 0.25) is 0 Å². The highest BCUT2D eigenvalue weighted by Gasteiger charge is 2.22. The van der Waals surface area contributed by atoms with Crippen LogP contribution in [0.1, 0.15) is 24.8 Å². The monoisotopic (exact) mass is 290 g/mol. The van der Waals surface area contributed by atoms with E-state index in [1.165, 1.54) is 56.0 Å². The van der Waals surface area contributed by atoms with Crippen LogP contribution in [-0.4, -0.2) is 42.1 Å². The van der Waals surface area contributed by atoms with Gasteiger partial charge >= 0.3 is 0 Å². The summed E-state index contributed by atoms with van der Waals surface area (Å²) in [4.78, 5) is 2.66. The van der Waals surface area contributed by atoms with Gasteiger partial charge < -0.3 is 5.32 Å². The van der Waals surface area contributed by atoms with Gasteiger partial charge in [0.2, 0.25) is 0 Å². The summed E-state index contributed by atoms with van der Waals surface area (Å²) < 4.78 is 0. The van der Waals surface area contributed by atoms with Crippen LogP contribution >= 0.6 is 11.8 Å². The molecule has 0 spiro atoms. The van der Waals surface area contributed by atoms with Crippen molar-refractivity contribution in [2.75, 3.05) is 31.1 Å². The number of nitrogens with one attached hydrogen (secondary N) is 1. The highest BCUT2D eigenvalue weighted by atomic mass is 32.2. The third-order valence-corrected chi connectivity index (χ3v) is 5.71. The van der Waals surface area contributed by atoms with Crippen LogP contribution in [-0.2, 0) is 6.54 Å². The number of hydrogen-bond donors (Lipinski definition) is 1. The van der Waals surface area contributed by atoms with Gasteiger partial charge in [0.15, 0.2) is 0 Å². The summed E-state index contributed by atoms with van der Waals surface area (Å²) in [6, 6.07) is 11.7. The van der Waals surface area contributed by atoms with Crippen LogP contribution in [0.5, 0.6) is 0 Å². The van der Waals surface area contributed by atoms with Gasteiger partial charge in [-0.1, -0.05) is 36.8 Å². The van der Waals surface area contributed by atoms with Crippen molar-refractivity contribution in [3.63, 3.8) is 0 Å². The first kappa shape index (κ1) is 14.4. The minimum Gasteiger partial charge on any atom is -0.312 e. The fourth-order valence-corrected chi connectivity index (χ4v) is 3.86. The molecule has 0 aliphatic carbocycles. The molecule has 20 heavy (non-hydrogen) atoms. The van der Waals surface area contributed by atoms with E-state index in [0.717, 1.165) is 18.5 Å². The lowest BCUT2D eigenvalue weighted by molar-refractivity contribution is 0.236. The number of rotatable bonds is 5. The van der Waals surface area contributed by atoms with E-state index in [9.17, 15) is 0 Å². The number of benzene rings is 1. The van der Waals surface area contributed by atoms with E-state index in [1.54, 1.807) is 0 Å². The van der Waals surface area contributed by atoms with Crippen LogP contribution in [0.15, 0.2) is 30.3 Å². The molecule has 2 aliphatic rings. The molecule has 1 atom stereocenters. The van der Waals surface area contributed by atoms with E-state index in [1.807, 2.05) is 0 Å². The fourth-order valence-electron chi connectivity index (χ4n) is 3.15. The number of thioether (sulfide) groups is 1. The molecule has 0 radical (unpaired) electrons. The van der Waals surface area contributed by atoms with E-state index in [-0.39, 0.29) is 0 Å². The van der Waals surface area contributed by atoms with Gasteiger partial charge in [-0.15, -0.1) is 0 Å². The molecule has 1 N–H and O–H groups in total. The van der Waals surface area contributed by atoms with Gasteiger partial charge in [0.05, 0.1) is 0 Å². The first-order valence-electron chi connectivity index (χ1n) is 7.97.